The molecule has 0 aliphatic carbocycles. The molecule has 0 saturated heterocycles. The predicted molar refractivity (Wildman–Crippen MR) is 46.0 cm³/mol. The van der Waals surface area contributed by atoms with E-state index in [1.165, 1.54) is 7.05 Å². The number of nitrogens with zero attached hydrogens (tertiary/aromatic N) is 1. The fourth-order valence-corrected chi connectivity index (χ4v) is 0.895. The molecule has 13 heavy (non-hydrogen) atoms. The molecule has 0 heterocycles. The molecule has 5 nitrogen and oxygen atoms in total. The highest BCUT2D eigenvalue weighted by molar-refractivity contribution is 6.32. The van der Waals surface area contributed by atoms with Gasteiger partial charge in [0.05, 0.1) is 12.7 Å². The number of amides is 1. The monoisotopic (exact) mass is 189 g/mol. The molecule has 0 fully saturated rings. The lowest BCUT2D eigenvalue weighted by atomic mass is 10.1. The van der Waals surface area contributed by atoms with Crippen molar-refractivity contribution in [1.82, 2.24) is 4.90 Å². The SMILES string of the molecule is COC(=O)C(=O)N(C)CC(C)(C)O. The van der Waals surface area contributed by atoms with E-state index in [-0.39, 0.29) is 6.54 Å². The zero-order chi connectivity index (χ0) is 10.6. The largest absolute Gasteiger partial charge is 0.462 e. The van der Waals surface area contributed by atoms with Gasteiger partial charge < -0.3 is 14.7 Å². The molecule has 0 atom stereocenters. The van der Waals surface area contributed by atoms with Crippen LogP contribution in [-0.4, -0.2) is 48.2 Å². The van der Waals surface area contributed by atoms with Gasteiger partial charge in [-0.3, -0.25) is 4.79 Å². The zero-order valence-corrected chi connectivity index (χ0v) is 8.33. The van der Waals surface area contributed by atoms with Crippen LogP contribution >= 0.6 is 0 Å². The van der Waals surface area contributed by atoms with Crippen molar-refractivity contribution in [3.05, 3.63) is 0 Å². The summed E-state index contributed by atoms with van der Waals surface area (Å²) in [6.45, 7) is 3.18. The van der Waals surface area contributed by atoms with E-state index < -0.39 is 17.5 Å². The summed E-state index contributed by atoms with van der Waals surface area (Å²) < 4.78 is 4.24. The number of carbonyl (C=O) groups excluding carboxylic acids is 2. The number of hydrogen-bond donors (Lipinski definition) is 1. The van der Waals surface area contributed by atoms with Gasteiger partial charge in [-0.15, -0.1) is 0 Å². The van der Waals surface area contributed by atoms with Crippen molar-refractivity contribution >= 4 is 11.9 Å². The Morgan fingerprint density at radius 3 is 2.23 bits per heavy atom. The predicted octanol–water partition coefficient (Wildman–Crippen LogP) is -0.611. The van der Waals surface area contributed by atoms with E-state index in [1.807, 2.05) is 0 Å². The highest BCUT2D eigenvalue weighted by atomic mass is 16.5. The number of ether oxygens (including phenoxy) is 1. The van der Waals surface area contributed by atoms with Crippen LogP contribution in [0.3, 0.4) is 0 Å². The Bertz CT molecular complexity index is 207. The zero-order valence-electron chi connectivity index (χ0n) is 8.33. The molecule has 0 aliphatic rings. The average Bonchev–Trinajstić information content (AvgIpc) is 1.98. The normalized spacial score (nSPS) is 10.8. The number of likely N-dealkylation sites (N-methyl/N-ethyl adjacent to an activating group) is 1. The lowest BCUT2D eigenvalue weighted by molar-refractivity contribution is -0.158. The number of aliphatic hydroxyl groups is 1. The molecular formula is C8H15NO4. The molecular weight excluding hydrogens is 174 g/mol. The van der Waals surface area contributed by atoms with Crippen LogP contribution in [0.15, 0.2) is 0 Å². The summed E-state index contributed by atoms with van der Waals surface area (Å²) >= 11 is 0. The molecule has 0 saturated carbocycles. The highest BCUT2D eigenvalue weighted by Gasteiger charge is 2.24. The molecule has 0 aromatic carbocycles. The molecule has 0 bridgehead atoms. The molecule has 0 radical (unpaired) electrons. The molecule has 0 aromatic rings. The Labute approximate surface area is 77.3 Å². The third kappa shape index (κ3) is 4.47. The van der Waals surface area contributed by atoms with Crippen molar-refractivity contribution in [3.63, 3.8) is 0 Å². The number of esters is 1. The molecule has 0 spiro atoms. The second-order valence-electron chi connectivity index (χ2n) is 3.47. The molecule has 1 N–H and O–H groups in total. The van der Waals surface area contributed by atoms with E-state index in [9.17, 15) is 14.7 Å². The summed E-state index contributed by atoms with van der Waals surface area (Å²) in [5, 5.41) is 9.35. The maximum Gasteiger partial charge on any atom is 0.396 e. The van der Waals surface area contributed by atoms with Gasteiger partial charge in [0.25, 0.3) is 0 Å². The quantitative estimate of drug-likeness (QED) is 0.465. The molecule has 0 rings (SSSR count). The van der Waals surface area contributed by atoms with Crippen molar-refractivity contribution in [3.8, 4) is 0 Å². The first kappa shape index (κ1) is 11.9. The van der Waals surface area contributed by atoms with E-state index >= 15 is 0 Å². The summed E-state index contributed by atoms with van der Waals surface area (Å²) in [6, 6.07) is 0. The van der Waals surface area contributed by atoms with Crippen molar-refractivity contribution < 1.29 is 19.4 Å². The molecule has 5 heteroatoms. The van der Waals surface area contributed by atoms with Gasteiger partial charge in [-0.05, 0) is 13.8 Å². The van der Waals surface area contributed by atoms with Gasteiger partial charge >= 0.3 is 11.9 Å². The second-order valence-corrected chi connectivity index (χ2v) is 3.47. The van der Waals surface area contributed by atoms with Crippen LogP contribution < -0.4 is 0 Å². The smallest absolute Gasteiger partial charge is 0.396 e. The fourth-order valence-electron chi connectivity index (χ4n) is 0.895. The van der Waals surface area contributed by atoms with Crippen molar-refractivity contribution in [2.45, 2.75) is 19.4 Å². The molecule has 0 unspecified atom stereocenters. The minimum absolute atomic E-state index is 0.0843. The number of methoxy groups -OCH3 is 1. The van der Waals surface area contributed by atoms with Crippen molar-refractivity contribution in [1.29, 1.82) is 0 Å². The first-order chi connectivity index (χ1) is 5.78. The summed E-state index contributed by atoms with van der Waals surface area (Å²) in [7, 11) is 2.56. The first-order valence-corrected chi connectivity index (χ1v) is 3.83. The minimum Gasteiger partial charge on any atom is -0.462 e. The third-order valence-corrected chi connectivity index (χ3v) is 1.33. The van der Waals surface area contributed by atoms with Crippen LogP contribution in [0, 0.1) is 0 Å². The third-order valence-electron chi connectivity index (χ3n) is 1.33. The lowest BCUT2D eigenvalue weighted by Crippen LogP contribution is -2.42. The first-order valence-electron chi connectivity index (χ1n) is 3.83. The van der Waals surface area contributed by atoms with Crippen LogP contribution in [0.2, 0.25) is 0 Å². The van der Waals surface area contributed by atoms with Gasteiger partial charge in [0.15, 0.2) is 0 Å². The van der Waals surface area contributed by atoms with Crippen LogP contribution in [0.4, 0.5) is 0 Å². The van der Waals surface area contributed by atoms with Gasteiger partial charge in [-0.25, -0.2) is 4.79 Å². The van der Waals surface area contributed by atoms with Gasteiger partial charge in [0.2, 0.25) is 0 Å². The van der Waals surface area contributed by atoms with E-state index in [0.717, 1.165) is 12.0 Å². The van der Waals surface area contributed by atoms with E-state index in [0.29, 0.717) is 0 Å². The Morgan fingerprint density at radius 1 is 1.46 bits per heavy atom. The summed E-state index contributed by atoms with van der Waals surface area (Å²) in [5.41, 5.74) is -1.02. The van der Waals surface area contributed by atoms with Gasteiger partial charge in [0, 0.05) is 13.6 Å². The minimum atomic E-state index is -1.02. The Morgan fingerprint density at radius 2 is 1.92 bits per heavy atom. The Balaban J connectivity index is 4.20. The lowest BCUT2D eigenvalue weighted by Gasteiger charge is -2.24. The Hall–Kier alpha value is -1.10. The Kier molecular flexibility index (Phi) is 3.87. The van der Waals surface area contributed by atoms with Crippen molar-refractivity contribution in [2.24, 2.45) is 0 Å². The maximum atomic E-state index is 11.1. The molecule has 0 aliphatic heterocycles. The number of rotatable bonds is 2. The second kappa shape index (κ2) is 4.23. The van der Waals surface area contributed by atoms with E-state index in [2.05, 4.69) is 4.74 Å². The maximum absolute atomic E-state index is 11.1. The summed E-state index contributed by atoms with van der Waals surface area (Å²) in [6.07, 6.45) is 0. The summed E-state index contributed by atoms with van der Waals surface area (Å²) in [5.74, 6) is -1.68. The van der Waals surface area contributed by atoms with E-state index in [1.54, 1.807) is 13.8 Å². The summed E-state index contributed by atoms with van der Waals surface area (Å²) in [4.78, 5) is 23.0. The van der Waals surface area contributed by atoms with Gasteiger partial charge in [-0.2, -0.15) is 0 Å². The average molecular weight is 189 g/mol. The van der Waals surface area contributed by atoms with Crippen LogP contribution in [0.5, 0.6) is 0 Å². The number of carbonyl (C=O) groups is 2. The molecule has 1 amide bonds. The standard InChI is InChI=1S/C8H15NO4/c1-8(2,12)5-9(3)6(10)7(11)13-4/h12H,5H2,1-4H3. The van der Waals surface area contributed by atoms with Crippen molar-refractivity contribution in [2.75, 3.05) is 20.7 Å². The fraction of sp³-hybridized carbons (Fsp3) is 0.750. The van der Waals surface area contributed by atoms with Crippen LogP contribution in [-0.2, 0) is 14.3 Å². The van der Waals surface area contributed by atoms with Crippen LogP contribution in [0.25, 0.3) is 0 Å². The topological polar surface area (TPSA) is 66.8 Å². The van der Waals surface area contributed by atoms with Gasteiger partial charge in [0.1, 0.15) is 0 Å². The molecule has 76 valence electrons. The van der Waals surface area contributed by atoms with Gasteiger partial charge in [-0.1, -0.05) is 0 Å². The molecule has 0 aromatic heterocycles. The number of hydrogen-bond acceptors (Lipinski definition) is 4. The van der Waals surface area contributed by atoms with Crippen LogP contribution in [0.1, 0.15) is 13.8 Å². The highest BCUT2D eigenvalue weighted by Crippen LogP contribution is 2.03. The van der Waals surface area contributed by atoms with E-state index in [4.69, 9.17) is 0 Å².